The third-order valence-electron chi connectivity index (χ3n) is 3.11. The van der Waals surface area contributed by atoms with Gasteiger partial charge in [0.1, 0.15) is 5.82 Å². The molecule has 1 N–H and O–H groups in total. The van der Waals surface area contributed by atoms with Crippen LogP contribution >= 0.6 is 15.9 Å². The summed E-state index contributed by atoms with van der Waals surface area (Å²) in [6, 6.07) is 5.09. The highest BCUT2D eigenvalue weighted by Crippen LogP contribution is 2.16. The molecule has 0 amide bonds. The molecule has 0 aliphatic carbocycles. The number of benzene rings is 1. The highest BCUT2D eigenvalue weighted by atomic mass is 79.9. The lowest BCUT2D eigenvalue weighted by atomic mass is 10.1. The number of hydrogen-bond acceptors (Lipinski definition) is 2. The lowest BCUT2D eigenvalue weighted by Gasteiger charge is -2.30. The fourth-order valence-electron chi connectivity index (χ4n) is 1.88. The fourth-order valence-corrected chi connectivity index (χ4v) is 2.29. The predicted molar refractivity (Wildman–Crippen MR) is 78.4 cm³/mol. The van der Waals surface area contributed by atoms with E-state index in [9.17, 15) is 4.39 Å². The van der Waals surface area contributed by atoms with Crippen LogP contribution in [0.4, 0.5) is 4.39 Å². The molecule has 0 aliphatic rings. The molecular weight excluding hydrogens is 295 g/mol. The number of halogens is 2. The van der Waals surface area contributed by atoms with E-state index in [1.165, 1.54) is 6.07 Å². The first kappa shape index (κ1) is 15.6. The van der Waals surface area contributed by atoms with Gasteiger partial charge < -0.3 is 10.2 Å². The molecule has 0 atom stereocenters. The second-order valence-electron chi connectivity index (χ2n) is 5.36. The Morgan fingerprint density at radius 3 is 2.67 bits per heavy atom. The molecule has 1 rings (SSSR count). The average molecular weight is 317 g/mol. The van der Waals surface area contributed by atoms with E-state index in [1.807, 2.05) is 13.1 Å². The first-order chi connectivity index (χ1) is 8.34. The summed E-state index contributed by atoms with van der Waals surface area (Å²) in [4.78, 5) is 2.22. The van der Waals surface area contributed by atoms with Gasteiger partial charge in [-0.15, -0.1) is 0 Å². The molecule has 102 valence electrons. The standard InChI is InChI=1S/C14H22BrFN2/c1-14(2,17-3)10-18(4)8-7-11-9-12(15)5-6-13(11)16/h5-6,9,17H,7-8,10H2,1-4H3. The van der Waals surface area contributed by atoms with Gasteiger partial charge >= 0.3 is 0 Å². The van der Waals surface area contributed by atoms with Gasteiger partial charge in [-0.05, 0) is 58.1 Å². The van der Waals surface area contributed by atoms with Crippen LogP contribution in [-0.4, -0.2) is 37.6 Å². The maximum atomic E-state index is 13.6. The van der Waals surface area contributed by atoms with Crippen LogP contribution in [0, 0.1) is 5.82 Å². The zero-order chi connectivity index (χ0) is 13.8. The summed E-state index contributed by atoms with van der Waals surface area (Å²) in [6.45, 7) is 6.09. The molecule has 0 saturated heterocycles. The van der Waals surface area contributed by atoms with E-state index in [-0.39, 0.29) is 11.4 Å². The third kappa shape index (κ3) is 5.04. The molecule has 0 aliphatic heterocycles. The van der Waals surface area contributed by atoms with E-state index in [4.69, 9.17) is 0 Å². The Bertz CT molecular complexity index is 393. The second kappa shape index (κ2) is 6.64. The van der Waals surface area contributed by atoms with Crippen LogP contribution in [0.25, 0.3) is 0 Å². The topological polar surface area (TPSA) is 15.3 Å². The van der Waals surface area contributed by atoms with Crippen LogP contribution in [0.3, 0.4) is 0 Å². The molecule has 0 fully saturated rings. The number of nitrogens with one attached hydrogen (secondary N) is 1. The lowest BCUT2D eigenvalue weighted by Crippen LogP contribution is -2.46. The first-order valence-corrected chi connectivity index (χ1v) is 6.95. The maximum absolute atomic E-state index is 13.6. The molecule has 18 heavy (non-hydrogen) atoms. The molecule has 0 heterocycles. The minimum absolute atomic E-state index is 0.0740. The molecule has 1 aromatic carbocycles. The van der Waals surface area contributed by atoms with Crippen molar-refractivity contribution < 1.29 is 4.39 Å². The molecule has 2 nitrogen and oxygen atoms in total. The van der Waals surface area contributed by atoms with E-state index < -0.39 is 0 Å². The smallest absolute Gasteiger partial charge is 0.126 e. The number of nitrogens with zero attached hydrogens (tertiary/aromatic N) is 1. The van der Waals surface area contributed by atoms with Crippen molar-refractivity contribution in [1.29, 1.82) is 0 Å². The van der Waals surface area contributed by atoms with Crippen LogP contribution in [0.5, 0.6) is 0 Å². The number of rotatable bonds is 6. The number of hydrogen-bond donors (Lipinski definition) is 1. The SMILES string of the molecule is CNC(C)(C)CN(C)CCc1cc(Br)ccc1F. The molecule has 0 bridgehead atoms. The number of likely N-dealkylation sites (N-methyl/N-ethyl adjacent to an activating group) is 2. The van der Waals surface area contributed by atoms with Crippen LogP contribution in [0.1, 0.15) is 19.4 Å². The average Bonchev–Trinajstić information content (AvgIpc) is 2.30. The summed E-state index contributed by atoms with van der Waals surface area (Å²) >= 11 is 3.37. The van der Waals surface area contributed by atoms with Crippen molar-refractivity contribution in [3.8, 4) is 0 Å². The van der Waals surface area contributed by atoms with Crippen LogP contribution in [0.15, 0.2) is 22.7 Å². The van der Waals surface area contributed by atoms with Crippen molar-refractivity contribution in [2.45, 2.75) is 25.8 Å². The van der Waals surface area contributed by atoms with E-state index in [0.717, 1.165) is 29.5 Å². The molecule has 0 aromatic heterocycles. The van der Waals surface area contributed by atoms with Crippen molar-refractivity contribution in [3.63, 3.8) is 0 Å². The highest BCUT2D eigenvalue weighted by Gasteiger charge is 2.17. The van der Waals surface area contributed by atoms with Crippen molar-refractivity contribution >= 4 is 15.9 Å². The summed E-state index contributed by atoms with van der Waals surface area (Å²) in [7, 11) is 4.02. The molecule has 1 aromatic rings. The summed E-state index contributed by atoms with van der Waals surface area (Å²) in [5, 5.41) is 3.27. The minimum Gasteiger partial charge on any atom is -0.314 e. The Hall–Kier alpha value is -0.450. The first-order valence-electron chi connectivity index (χ1n) is 6.15. The van der Waals surface area contributed by atoms with Crippen molar-refractivity contribution in [2.24, 2.45) is 0 Å². The molecule has 0 spiro atoms. The Morgan fingerprint density at radius 2 is 2.06 bits per heavy atom. The van der Waals surface area contributed by atoms with E-state index >= 15 is 0 Å². The van der Waals surface area contributed by atoms with Gasteiger partial charge in [0.05, 0.1) is 0 Å². The van der Waals surface area contributed by atoms with Crippen LogP contribution in [0.2, 0.25) is 0 Å². The zero-order valence-electron chi connectivity index (χ0n) is 11.6. The monoisotopic (exact) mass is 316 g/mol. The van der Waals surface area contributed by atoms with Crippen molar-refractivity contribution in [2.75, 3.05) is 27.2 Å². The Morgan fingerprint density at radius 1 is 1.39 bits per heavy atom. The summed E-state index contributed by atoms with van der Waals surface area (Å²) in [6.07, 6.45) is 0.724. The summed E-state index contributed by atoms with van der Waals surface area (Å²) in [5.74, 6) is -0.125. The van der Waals surface area contributed by atoms with Gasteiger partial charge in [-0.25, -0.2) is 4.39 Å². The van der Waals surface area contributed by atoms with Gasteiger partial charge in [0.25, 0.3) is 0 Å². The summed E-state index contributed by atoms with van der Waals surface area (Å²) < 4.78 is 14.5. The Labute approximate surface area is 118 Å². The quantitative estimate of drug-likeness (QED) is 0.867. The van der Waals surface area contributed by atoms with Crippen molar-refractivity contribution in [1.82, 2.24) is 10.2 Å². The molecular formula is C14H22BrFN2. The van der Waals surface area contributed by atoms with Crippen molar-refractivity contribution in [3.05, 3.63) is 34.1 Å². The van der Waals surface area contributed by atoms with Gasteiger partial charge in [0.15, 0.2) is 0 Å². The van der Waals surface area contributed by atoms with E-state index in [1.54, 1.807) is 6.07 Å². The van der Waals surface area contributed by atoms with Gasteiger partial charge in [0, 0.05) is 23.1 Å². The maximum Gasteiger partial charge on any atom is 0.126 e. The van der Waals surface area contributed by atoms with E-state index in [2.05, 4.69) is 47.0 Å². The van der Waals surface area contributed by atoms with Crippen LogP contribution in [-0.2, 0) is 6.42 Å². The molecule has 0 radical (unpaired) electrons. The normalized spacial score (nSPS) is 12.2. The second-order valence-corrected chi connectivity index (χ2v) is 6.27. The van der Waals surface area contributed by atoms with Gasteiger partial charge in [0.2, 0.25) is 0 Å². The Kier molecular flexibility index (Phi) is 5.76. The fraction of sp³-hybridized carbons (Fsp3) is 0.571. The summed E-state index contributed by atoms with van der Waals surface area (Å²) in [5.41, 5.74) is 0.836. The lowest BCUT2D eigenvalue weighted by molar-refractivity contribution is 0.246. The van der Waals surface area contributed by atoms with E-state index in [0.29, 0.717) is 0 Å². The van der Waals surface area contributed by atoms with Gasteiger partial charge in [-0.3, -0.25) is 0 Å². The molecule has 0 saturated carbocycles. The highest BCUT2D eigenvalue weighted by molar-refractivity contribution is 9.10. The predicted octanol–water partition coefficient (Wildman–Crippen LogP) is 3.06. The van der Waals surface area contributed by atoms with Gasteiger partial charge in [-0.2, -0.15) is 0 Å². The third-order valence-corrected chi connectivity index (χ3v) is 3.61. The van der Waals surface area contributed by atoms with Crippen LogP contribution < -0.4 is 5.32 Å². The molecule has 0 unspecified atom stereocenters. The van der Waals surface area contributed by atoms with Gasteiger partial charge in [-0.1, -0.05) is 15.9 Å². The minimum atomic E-state index is -0.125. The Balaban J connectivity index is 2.52. The molecule has 4 heteroatoms. The zero-order valence-corrected chi connectivity index (χ0v) is 13.1. The largest absolute Gasteiger partial charge is 0.314 e.